The highest BCUT2D eigenvalue weighted by molar-refractivity contribution is 7.07. The number of hydrogen-bond acceptors (Lipinski definition) is 6. The Bertz CT molecular complexity index is 681. The molecule has 19 heavy (non-hydrogen) atoms. The van der Waals surface area contributed by atoms with E-state index in [9.17, 15) is 0 Å². The van der Waals surface area contributed by atoms with Crippen molar-refractivity contribution in [2.45, 2.75) is 6.54 Å². The Morgan fingerprint density at radius 3 is 2.89 bits per heavy atom. The highest BCUT2D eigenvalue weighted by Crippen LogP contribution is 2.22. The van der Waals surface area contributed by atoms with Gasteiger partial charge in [0.15, 0.2) is 0 Å². The Labute approximate surface area is 114 Å². The molecule has 96 valence electrons. The summed E-state index contributed by atoms with van der Waals surface area (Å²) in [5, 5.41) is 9.33. The summed E-state index contributed by atoms with van der Waals surface area (Å²) in [5.74, 6) is 1.43. The highest BCUT2D eigenvalue weighted by atomic mass is 32.1. The van der Waals surface area contributed by atoms with Crippen molar-refractivity contribution in [3.8, 4) is 0 Å². The lowest BCUT2D eigenvalue weighted by Gasteiger charge is -2.09. The van der Waals surface area contributed by atoms with Crippen LogP contribution in [0.4, 0.5) is 11.8 Å². The first-order valence-electron chi connectivity index (χ1n) is 5.92. The normalized spacial score (nSPS) is 10.6. The van der Waals surface area contributed by atoms with Crippen molar-refractivity contribution in [1.29, 1.82) is 0 Å². The molecule has 2 aromatic heterocycles. The molecule has 2 heterocycles. The third-order valence-corrected chi connectivity index (χ3v) is 3.38. The number of para-hydroxylation sites is 1. The van der Waals surface area contributed by atoms with Gasteiger partial charge in [0.05, 0.1) is 23.3 Å². The fourth-order valence-corrected chi connectivity index (χ4v) is 2.38. The first-order valence-corrected chi connectivity index (χ1v) is 6.86. The van der Waals surface area contributed by atoms with E-state index in [1.807, 2.05) is 42.2 Å². The summed E-state index contributed by atoms with van der Waals surface area (Å²) in [7, 11) is 1.81. The zero-order valence-electron chi connectivity index (χ0n) is 10.4. The summed E-state index contributed by atoms with van der Waals surface area (Å²) >= 11 is 1.59. The Morgan fingerprint density at radius 2 is 2.11 bits per heavy atom. The van der Waals surface area contributed by atoms with Gasteiger partial charge in [-0.15, -0.1) is 11.3 Å². The number of nitrogens with zero attached hydrogens (tertiary/aromatic N) is 3. The molecule has 0 radical (unpaired) electrons. The van der Waals surface area contributed by atoms with Gasteiger partial charge in [-0.1, -0.05) is 12.1 Å². The molecule has 0 unspecified atom stereocenters. The summed E-state index contributed by atoms with van der Waals surface area (Å²) in [4.78, 5) is 13.1. The molecule has 0 aliphatic rings. The van der Waals surface area contributed by atoms with Crippen LogP contribution in [-0.4, -0.2) is 22.0 Å². The Balaban J connectivity index is 1.96. The topological polar surface area (TPSA) is 62.7 Å². The lowest BCUT2D eigenvalue weighted by Crippen LogP contribution is -2.05. The van der Waals surface area contributed by atoms with E-state index in [2.05, 4.69) is 25.6 Å². The SMILES string of the molecule is CNc1nc(NCc2cscn2)c2ccccc2n1. The van der Waals surface area contributed by atoms with E-state index in [1.54, 1.807) is 11.3 Å². The minimum absolute atomic E-state index is 0.611. The molecule has 3 rings (SSSR count). The third kappa shape index (κ3) is 2.48. The minimum atomic E-state index is 0.611. The summed E-state index contributed by atoms with van der Waals surface area (Å²) in [6.45, 7) is 0.660. The molecule has 0 bridgehead atoms. The number of thiazole rings is 1. The summed E-state index contributed by atoms with van der Waals surface area (Å²) in [5.41, 5.74) is 3.76. The van der Waals surface area contributed by atoms with Crippen molar-refractivity contribution in [3.05, 3.63) is 40.8 Å². The molecule has 0 atom stereocenters. The van der Waals surface area contributed by atoms with Gasteiger partial charge in [0.1, 0.15) is 5.82 Å². The second-order valence-electron chi connectivity index (χ2n) is 4.00. The van der Waals surface area contributed by atoms with Gasteiger partial charge in [-0.25, -0.2) is 9.97 Å². The van der Waals surface area contributed by atoms with Gasteiger partial charge in [-0.05, 0) is 12.1 Å². The fraction of sp³-hybridized carbons (Fsp3) is 0.154. The fourth-order valence-electron chi connectivity index (χ4n) is 1.82. The molecule has 6 heteroatoms. The smallest absolute Gasteiger partial charge is 0.224 e. The number of anilines is 2. The Morgan fingerprint density at radius 1 is 1.21 bits per heavy atom. The average Bonchev–Trinajstić information content (AvgIpc) is 2.97. The maximum absolute atomic E-state index is 4.46. The van der Waals surface area contributed by atoms with E-state index >= 15 is 0 Å². The molecule has 0 aliphatic carbocycles. The molecule has 0 spiro atoms. The van der Waals surface area contributed by atoms with E-state index in [0.717, 1.165) is 22.4 Å². The Hall–Kier alpha value is -2.21. The van der Waals surface area contributed by atoms with Crippen LogP contribution in [-0.2, 0) is 6.54 Å². The van der Waals surface area contributed by atoms with Gasteiger partial charge in [-0.3, -0.25) is 0 Å². The molecule has 0 amide bonds. The lowest BCUT2D eigenvalue weighted by atomic mass is 10.2. The van der Waals surface area contributed by atoms with Crippen molar-refractivity contribution in [3.63, 3.8) is 0 Å². The van der Waals surface area contributed by atoms with Gasteiger partial charge in [0.2, 0.25) is 5.95 Å². The van der Waals surface area contributed by atoms with Gasteiger partial charge in [0.25, 0.3) is 0 Å². The van der Waals surface area contributed by atoms with Gasteiger partial charge < -0.3 is 10.6 Å². The number of hydrogen-bond donors (Lipinski definition) is 2. The van der Waals surface area contributed by atoms with Crippen LogP contribution in [0.2, 0.25) is 0 Å². The van der Waals surface area contributed by atoms with Crippen molar-refractivity contribution in [2.75, 3.05) is 17.7 Å². The average molecular weight is 271 g/mol. The molecular formula is C13H13N5S. The maximum Gasteiger partial charge on any atom is 0.224 e. The second kappa shape index (κ2) is 5.19. The van der Waals surface area contributed by atoms with Gasteiger partial charge >= 0.3 is 0 Å². The number of rotatable bonds is 4. The largest absolute Gasteiger partial charge is 0.364 e. The van der Waals surface area contributed by atoms with E-state index in [1.165, 1.54) is 0 Å². The van der Waals surface area contributed by atoms with Crippen LogP contribution in [0.15, 0.2) is 35.2 Å². The van der Waals surface area contributed by atoms with Crippen molar-refractivity contribution < 1.29 is 0 Å². The van der Waals surface area contributed by atoms with Crippen LogP contribution in [0.25, 0.3) is 10.9 Å². The Kier molecular flexibility index (Phi) is 3.24. The van der Waals surface area contributed by atoms with Gasteiger partial charge in [-0.2, -0.15) is 4.98 Å². The molecule has 5 nitrogen and oxygen atoms in total. The van der Waals surface area contributed by atoms with E-state index < -0.39 is 0 Å². The molecule has 0 saturated carbocycles. The standard InChI is InChI=1S/C13H13N5S/c1-14-13-17-11-5-3-2-4-10(11)12(18-13)15-6-9-7-19-8-16-9/h2-5,7-8H,6H2,1H3,(H2,14,15,17,18). The van der Waals surface area contributed by atoms with Crippen molar-refractivity contribution in [1.82, 2.24) is 15.0 Å². The molecule has 1 aromatic carbocycles. The van der Waals surface area contributed by atoms with Crippen LogP contribution in [0, 0.1) is 0 Å². The first kappa shape index (κ1) is 11.9. The quantitative estimate of drug-likeness (QED) is 0.764. The van der Waals surface area contributed by atoms with E-state index in [-0.39, 0.29) is 0 Å². The highest BCUT2D eigenvalue weighted by Gasteiger charge is 2.06. The van der Waals surface area contributed by atoms with Crippen molar-refractivity contribution >= 4 is 34.0 Å². The van der Waals surface area contributed by atoms with Crippen LogP contribution in [0.5, 0.6) is 0 Å². The number of nitrogens with one attached hydrogen (secondary N) is 2. The predicted molar refractivity (Wildman–Crippen MR) is 78.5 cm³/mol. The molecule has 0 aliphatic heterocycles. The molecule has 3 aromatic rings. The van der Waals surface area contributed by atoms with Crippen LogP contribution in [0.3, 0.4) is 0 Å². The van der Waals surface area contributed by atoms with Crippen LogP contribution >= 0.6 is 11.3 Å². The first-order chi connectivity index (χ1) is 9.36. The van der Waals surface area contributed by atoms with E-state index in [4.69, 9.17) is 0 Å². The molecule has 2 N–H and O–H groups in total. The van der Waals surface area contributed by atoms with E-state index in [0.29, 0.717) is 12.5 Å². The number of benzene rings is 1. The van der Waals surface area contributed by atoms with Crippen molar-refractivity contribution in [2.24, 2.45) is 0 Å². The zero-order chi connectivity index (χ0) is 13.1. The zero-order valence-corrected chi connectivity index (χ0v) is 11.2. The molecule has 0 fully saturated rings. The minimum Gasteiger partial charge on any atom is -0.364 e. The summed E-state index contributed by atoms with van der Waals surface area (Å²) in [6.07, 6.45) is 0. The lowest BCUT2D eigenvalue weighted by molar-refractivity contribution is 1.05. The maximum atomic E-state index is 4.46. The summed E-state index contributed by atoms with van der Waals surface area (Å²) < 4.78 is 0. The monoisotopic (exact) mass is 271 g/mol. The molecule has 0 saturated heterocycles. The summed E-state index contributed by atoms with van der Waals surface area (Å²) in [6, 6.07) is 7.95. The molecular weight excluding hydrogens is 258 g/mol. The van der Waals surface area contributed by atoms with Crippen LogP contribution in [0.1, 0.15) is 5.69 Å². The second-order valence-corrected chi connectivity index (χ2v) is 4.71. The number of fused-ring (bicyclic) bond motifs is 1. The predicted octanol–water partition coefficient (Wildman–Crippen LogP) is 2.74. The third-order valence-electron chi connectivity index (χ3n) is 2.75. The van der Waals surface area contributed by atoms with Crippen LogP contribution < -0.4 is 10.6 Å². The van der Waals surface area contributed by atoms with Gasteiger partial charge in [0, 0.05) is 17.8 Å². The number of aromatic nitrogens is 3.